The minimum absolute atomic E-state index is 0.0299. The molecule has 1 amide bonds. The van der Waals surface area contributed by atoms with Gasteiger partial charge < -0.3 is 29.0 Å². The van der Waals surface area contributed by atoms with Gasteiger partial charge in [0.15, 0.2) is 0 Å². The van der Waals surface area contributed by atoms with Gasteiger partial charge in [0.1, 0.15) is 12.4 Å². The normalized spacial score (nSPS) is 21.5. The van der Waals surface area contributed by atoms with E-state index in [4.69, 9.17) is 14.2 Å². The molecule has 5 rings (SSSR count). The SMILES string of the molecule is COCCCc1cc(CN(C(=O)[C@@H]2CNCC[C@H]2c2ccn(C)c(=O)c2)C2CC2)cc(OCCN2CCOCC2)c1. The fraction of sp³-hybridized carbons (Fsp3) is 0.625. The summed E-state index contributed by atoms with van der Waals surface area (Å²) in [4.78, 5) is 31.1. The van der Waals surface area contributed by atoms with Crippen LogP contribution in [0.2, 0.25) is 0 Å². The van der Waals surface area contributed by atoms with E-state index in [0.29, 0.717) is 26.3 Å². The molecule has 3 fully saturated rings. The molecule has 0 unspecified atom stereocenters. The third-order valence-electron chi connectivity index (χ3n) is 8.60. The Balaban J connectivity index is 1.32. The van der Waals surface area contributed by atoms with E-state index in [2.05, 4.69) is 33.3 Å². The number of methoxy groups -OCH3 is 1. The maximum Gasteiger partial charge on any atom is 0.250 e. The smallest absolute Gasteiger partial charge is 0.250 e. The van der Waals surface area contributed by atoms with Crippen molar-refractivity contribution in [2.24, 2.45) is 13.0 Å². The average molecular weight is 567 g/mol. The fourth-order valence-electron chi connectivity index (χ4n) is 6.08. The van der Waals surface area contributed by atoms with E-state index in [1.807, 2.05) is 12.3 Å². The predicted octanol–water partition coefficient (Wildman–Crippen LogP) is 2.56. The standard InChI is InChI=1S/C32H46N4O5/c1-34-10-8-26(21-31(34)37)29-7-9-33-22-30(29)32(38)36(27-5-6-27)23-25-18-24(4-3-14-39-2)19-28(20-25)41-17-13-35-11-15-40-16-12-35/h8,10,18-21,27,29-30,33H,3-7,9,11-17,22-23H2,1-2H3/t29-,30+/m0/s1. The molecule has 9 nitrogen and oxygen atoms in total. The van der Waals surface area contributed by atoms with Gasteiger partial charge in [-0.05, 0) is 79.5 Å². The third-order valence-corrected chi connectivity index (χ3v) is 8.60. The summed E-state index contributed by atoms with van der Waals surface area (Å²) in [5.41, 5.74) is 3.26. The van der Waals surface area contributed by atoms with Crippen LogP contribution in [-0.2, 0) is 34.3 Å². The summed E-state index contributed by atoms with van der Waals surface area (Å²) in [6.45, 7) is 7.71. The van der Waals surface area contributed by atoms with Crippen LogP contribution in [0.3, 0.4) is 0 Å². The molecule has 2 aromatic rings. The molecule has 2 saturated heterocycles. The van der Waals surface area contributed by atoms with Crippen molar-refractivity contribution in [1.29, 1.82) is 0 Å². The van der Waals surface area contributed by atoms with Gasteiger partial charge in [0.05, 0.1) is 19.1 Å². The minimum atomic E-state index is -0.189. The highest BCUT2D eigenvalue weighted by atomic mass is 16.5. The molecule has 0 spiro atoms. The average Bonchev–Trinajstić information content (AvgIpc) is 3.83. The van der Waals surface area contributed by atoms with Crippen LogP contribution in [0.4, 0.5) is 0 Å². The largest absolute Gasteiger partial charge is 0.492 e. The Labute approximate surface area is 243 Å². The second kappa shape index (κ2) is 14.4. The first-order chi connectivity index (χ1) is 20.0. The summed E-state index contributed by atoms with van der Waals surface area (Å²) in [6, 6.07) is 10.5. The lowest BCUT2D eigenvalue weighted by atomic mass is 9.80. The van der Waals surface area contributed by atoms with Crippen LogP contribution in [0.1, 0.15) is 48.3 Å². The highest BCUT2D eigenvalue weighted by molar-refractivity contribution is 5.81. The number of benzene rings is 1. The molecular weight excluding hydrogens is 520 g/mol. The van der Waals surface area contributed by atoms with Crippen LogP contribution in [0.25, 0.3) is 0 Å². The Morgan fingerprint density at radius 3 is 2.66 bits per heavy atom. The van der Waals surface area contributed by atoms with Crippen LogP contribution in [0.15, 0.2) is 41.3 Å². The number of rotatable bonds is 13. The lowest BCUT2D eigenvalue weighted by Crippen LogP contribution is -2.47. The highest BCUT2D eigenvalue weighted by Gasteiger charge is 2.40. The molecule has 9 heteroatoms. The quantitative estimate of drug-likeness (QED) is 0.373. The number of morpholine rings is 1. The Morgan fingerprint density at radius 1 is 1.10 bits per heavy atom. The molecule has 2 atom stereocenters. The van der Waals surface area contributed by atoms with Gasteiger partial charge in [-0.25, -0.2) is 0 Å². The van der Waals surface area contributed by atoms with Gasteiger partial charge in [-0.1, -0.05) is 6.07 Å². The van der Waals surface area contributed by atoms with Crippen LogP contribution in [-0.4, -0.2) is 92.6 Å². The number of amides is 1. The van der Waals surface area contributed by atoms with E-state index in [0.717, 1.165) is 88.4 Å². The first-order valence-electron chi connectivity index (χ1n) is 15.2. The summed E-state index contributed by atoms with van der Waals surface area (Å²) in [6.07, 6.45) is 6.58. The molecule has 1 aromatic carbocycles. The van der Waals surface area contributed by atoms with Gasteiger partial charge in [-0.3, -0.25) is 14.5 Å². The number of carbonyl (C=O) groups is 1. The van der Waals surface area contributed by atoms with Crippen molar-refractivity contribution >= 4 is 5.91 Å². The number of carbonyl (C=O) groups excluding carboxylic acids is 1. The van der Waals surface area contributed by atoms with E-state index in [9.17, 15) is 9.59 Å². The molecule has 2 aliphatic heterocycles. The van der Waals surface area contributed by atoms with Gasteiger partial charge >= 0.3 is 0 Å². The predicted molar refractivity (Wildman–Crippen MR) is 158 cm³/mol. The van der Waals surface area contributed by atoms with E-state index < -0.39 is 0 Å². The third kappa shape index (κ3) is 8.19. The number of hydrogen-bond donors (Lipinski definition) is 1. The van der Waals surface area contributed by atoms with E-state index in [-0.39, 0.29) is 29.3 Å². The molecular formula is C32H46N4O5. The zero-order valence-electron chi connectivity index (χ0n) is 24.7. The second-order valence-electron chi connectivity index (χ2n) is 11.7. The maximum atomic E-state index is 14.2. The number of nitrogens with zero attached hydrogens (tertiary/aromatic N) is 3. The summed E-state index contributed by atoms with van der Waals surface area (Å²) in [5.74, 6) is 0.901. The van der Waals surface area contributed by atoms with Crippen LogP contribution in [0.5, 0.6) is 5.75 Å². The van der Waals surface area contributed by atoms with E-state index >= 15 is 0 Å². The number of piperidine rings is 1. The van der Waals surface area contributed by atoms with Gasteiger partial charge in [0.25, 0.3) is 5.56 Å². The highest BCUT2D eigenvalue weighted by Crippen LogP contribution is 2.36. The molecule has 0 bridgehead atoms. The van der Waals surface area contributed by atoms with Gasteiger partial charge in [-0.15, -0.1) is 0 Å². The van der Waals surface area contributed by atoms with Gasteiger partial charge in [0, 0.05) is 71.8 Å². The van der Waals surface area contributed by atoms with Crippen molar-refractivity contribution < 1.29 is 19.0 Å². The molecule has 3 heterocycles. The van der Waals surface area contributed by atoms with Crippen molar-refractivity contribution in [3.63, 3.8) is 0 Å². The van der Waals surface area contributed by atoms with Crippen molar-refractivity contribution in [3.05, 3.63) is 63.6 Å². The fourth-order valence-corrected chi connectivity index (χ4v) is 6.08. The van der Waals surface area contributed by atoms with Gasteiger partial charge in [0.2, 0.25) is 5.91 Å². The van der Waals surface area contributed by atoms with Crippen LogP contribution < -0.4 is 15.6 Å². The number of nitrogens with one attached hydrogen (secondary N) is 1. The number of aromatic nitrogens is 1. The van der Waals surface area contributed by atoms with Crippen molar-refractivity contribution in [1.82, 2.24) is 19.7 Å². The Hall–Kier alpha value is -2.72. The molecule has 41 heavy (non-hydrogen) atoms. The molecule has 3 aliphatic rings. The van der Waals surface area contributed by atoms with Crippen molar-refractivity contribution in [2.75, 3.05) is 66.3 Å². The Morgan fingerprint density at radius 2 is 1.90 bits per heavy atom. The summed E-state index contributed by atoms with van der Waals surface area (Å²) >= 11 is 0. The van der Waals surface area contributed by atoms with Crippen LogP contribution in [0, 0.1) is 5.92 Å². The molecule has 1 aromatic heterocycles. The molecule has 1 aliphatic carbocycles. The summed E-state index contributed by atoms with van der Waals surface area (Å²) in [7, 11) is 3.49. The molecule has 1 saturated carbocycles. The molecule has 224 valence electrons. The first-order valence-corrected chi connectivity index (χ1v) is 15.2. The zero-order chi connectivity index (χ0) is 28.6. The molecule has 1 N–H and O–H groups in total. The maximum absolute atomic E-state index is 14.2. The topological polar surface area (TPSA) is 85.3 Å². The monoisotopic (exact) mass is 566 g/mol. The van der Waals surface area contributed by atoms with E-state index in [1.165, 1.54) is 5.56 Å². The lowest BCUT2D eigenvalue weighted by molar-refractivity contribution is -0.138. The van der Waals surface area contributed by atoms with Crippen molar-refractivity contribution in [3.8, 4) is 5.75 Å². The number of hydrogen-bond acceptors (Lipinski definition) is 7. The van der Waals surface area contributed by atoms with Crippen LogP contribution >= 0.6 is 0 Å². The summed E-state index contributed by atoms with van der Waals surface area (Å²) < 4.78 is 18.6. The Bertz CT molecular complexity index is 1210. The number of pyridine rings is 1. The first kappa shape index (κ1) is 29.8. The zero-order valence-corrected chi connectivity index (χ0v) is 24.7. The molecule has 0 radical (unpaired) electrons. The number of aryl methyl sites for hydroxylation is 2. The lowest BCUT2D eigenvalue weighted by Gasteiger charge is -2.36. The number of ether oxygens (including phenoxy) is 3. The Kier molecular flexibility index (Phi) is 10.5. The summed E-state index contributed by atoms with van der Waals surface area (Å²) in [5, 5.41) is 3.44. The second-order valence-corrected chi connectivity index (χ2v) is 11.7. The van der Waals surface area contributed by atoms with Crippen molar-refractivity contribution in [2.45, 2.75) is 50.6 Å². The van der Waals surface area contributed by atoms with Gasteiger partial charge in [-0.2, -0.15) is 0 Å². The van der Waals surface area contributed by atoms with E-state index in [1.54, 1.807) is 24.8 Å². The minimum Gasteiger partial charge on any atom is -0.492 e.